The Morgan fingerprint density at radius 3 is 2.50 bits per heavy atom. The van der Waals surface area contributed by atoms with Crippen LogP contribution in [0.4, 0.5) is 11.4 Å². The number of hydrogen-bond acceptors (Lipinski definition) is 4. The van der Waals surface area contributed by atoms with Crippen molar-refractivity contribution >= 4 is 17.3 Å². The van der Waals surface area contributed by atoms with E-state index in [2.05, 4.69) is 34.7 Å². The first-order valence-electron chi connectivity index (χ1n) is 7.87. The van der Waals surface area contributed by atoms with Gasteiger partial charge in [-0.25, -0.2) is 4.98 Å². The van der Waals surface area contributed by atoms with Crippen LogP contribution in [0.15, 0.2) is 65.4 Å². The standard InChI is InChI=1S/C19H19N3O2/c1-2-14-5-7-15(8-6-14)22-16-9-10-18(20-12-16)19(23)21-13-17-4-3-11-24-17/h3-12,22H,2,13H2,1H3,(H,21,23). The van der Waals surface area contributed by atoms with Crippen LogP contribution in [0.1, 0.15) is 28.7 Å². The van der Waals surface area contributed by atoms with Crippen LogP contribution in [0.25, 0.3) is 0 Å². The van der Waals surface area contributed by atoms with Crippen molar-refractivity contribution in [2.45, 2.75) is 19.9 Å². The van der Waals surface area contributed by atoms with Crippen LogP contribution < -0.4 is 10.6 Å². The van der Waals surface area contributed by atoms with Gasteiger partial charge in [-0.3, -0.25) is 4.79 Å². The number of rotatable bonds is 6. The molecule has 2 heterocycles. The van der Waals surface area contributed by atoms with Gasteiger partial charge in [-0.15, -0.1) is 0 Å². The zero-order valence-electron chi connectivity index (χ0n) is 13.5. The maximum atomic E-state index is 12.0. The van der Waals surface area contributed by atoms with E-state index >= 15 is 0 Å². The van der Waals surface area contributed by atoms with Gasteiger partial charge in [-0.05, 0) is 48.4 Å². The number of aryl methyl sites for hydroxylation is 1. The molecule has 0 saturated heterocycles. The number of aromatic nitrogens is 1. The smallest absolute Gasteiger partial charge is 0.270 e. The second kappa shape index (κ2) is 7.46. The van der Waals surface area contributed by atoms with Gasteiger partial charge in [0.2, 0.25) is 0 Å². The van der Waals surface area contributed by atoms with E-state index in [1.165, 1.54) is 5.56 Å². The topological polar surface area (TPSA) is 67.2 Å². The summed E-state index contributed by atoms with van der Waals surface area (Å²) in [4.78, 5) is 16.2. The maximum Gasteiger partial charge on any atom is 0.270 e. The number of carbonyl (C=O) groups excluding carboxylic acids is 1. The van der Waals surface area contributed by atoms with Crippen LogP contribution in [0, 0.1) is 0 Å². The van der Waals surface area contributed by atoms with Crippen molar-refractivity contribution in [2.24, 2.45) is 0 Å². The third-order valence-electron chi connectivity index (χ3n) is 3.65. The van der Waals surface area contributed by atoms with Crippen molar-refractivity contribution in [3.63, 3.8) is 0 Å². The summed E-state index contributed by atoms with van der Waals surface area (Å²) >= 11 is 0. The fraction of sp³-hybridized carbons (Fsp3) is 0.158. The van der Waals surface area contributed by atoms with E-state index in [1.807, 2.05) is 24.3 Å². The summed E-state index contributed by atoms with van der Waals surface area (Å²) in [5, 5.41) is 6.03. The first-order valence-corrected chi connectivity index (χ1v) is 7.87. The molecular weight excluding hydrogens is 302 g/mol. The van der Waals surface area contributed by atoms with Crippen LogP contribution in [0.5, 0.6) is 0 Å². The number of furan rings is 1. The van der Waals surface area contributed by atoms with E-state index in [0.29, 0.717) is 18.0 Å². The van der Waals surface area contributed by atoms with Crippen LogP contribution in [0.2, 0.25) is 0 Å². The van der Waals surface area contributed by atoms with Crippen molar-refractivity contribution in [3.8, 4) is 0 Å². The molecule has 0 spiro atoms. The summed E-state index contributed by atoms with van der Waals surface area (Å²) in [6.45, 7) is 2.47. The number of hydrogen-bond donors (Lipinski definition) is 2. The zero-order chi connectivity index (χ0) is 16.8. The lowest BCUT2D eigenvalue weighted by Crippen LogP contribution is -2.23. The van der Waals surface area contributed by atoms with Crippen LogP contribution in [0.3, 0.4) is 0 Å². The zero-order valence-corrected chi connectivity index (χ0v) is 13.5. The molecule has 24 heavy (non-hydrogen) atoms. The number of amides is 1. The fourth-order valence-electron chi connectivity index (χ4n) is 2.26. The first-order chi connectivity index (χ1) is 11.7. The second-order valence-electron chi connectivity index (χ2n) is 5.37. The van der Waals surface area contributed by atoms with Crippen LogP contribution in [-0.4, -0.2) is 10.9 Å². The Morgan fingerprint density at radius 1 is 1.08 bits per heavy atom. The van der Waals surface area contributed by atoms with Gasteiger partial charge in [0.15, 0.2) is 0 Å². The molecule has 5 heteroatoms. The van der Waals surface area contributed by atoms with Gasteiger partial charge in [-0.1, -0.05) is 19.1 Å². The quantitative estimate of drug-likeness (QED) is 0.722. The van der Waals surface area contributed by atoms with Gasteiger partial charge in [0.05, 0.1) is 24.7 Å². The minimum Gasteiger partial charge on any atom is -0.467 e. The molecule has 122 valence electrons. The molecule has 0 radical (unpaired) electrons. The molecular formula is C19H19N3O2. The summed E-state index contributed by atoms with van der Waals surface area (Å²) in [7, 11) is 0. The lowest BCUT2D eigenvalue weighted by Gasteiger charge is -2.08. The average Bonchev–Trinajstić information content (AvgIpc) is 3.14. The minimum absolute atomic E-state index is 0.231. The van der Waals surface area contributed by atoms with Gasteiger partial charge in [0.1, 0.15) is 11.5 Å². The molecule has 0 aliphatic carbocycles. The number of anilines is 2. The molecule has 0 aliphatic rings. The molecule has 3 aromatic rings. The highest BCUT2D eigenvalue weighted by Gasteiger charge is 2.07. The Morgan fingerprint density at radius 2 is 1.88 bits per heavy atom. The SMILES string of the molecule is CCc1ccc(Nc2ccc(C(=O)NCc3ccco3)nc2)cc1. The van der Waals surface area contributed by atoms with E-state index in [1.54, 1.807) is 24.6 Å². The predicted octanol–water partition coefficient (Wildman–Crippen LogP) is 3.91. The molecule has 0 unspecified atom stereocenters. The summed E-state index contributed by atoms with van der Waals surface area (Å²) in [6, 6.07) is 15.4. The molecule has 2 N–H and O–H groups in total. The van der Waals surface area contributed by atoms with Crippen molar-refractivity contribution in [1.82, 2.24) is 10.3 Å². The Bertz CT molecular complexity index is 778. The van der Waals surface area contributed by atoms with Crippen molar-refractivity contribution in [2.75, 3.05) is 5.32 Å². The molecule has 1 amide bonds. The van der Waals surface area contributed by atoms with Gasteiger partial charge >= 0.3 is 0 Å². The predicted molar refractivity (Wildman–Crippen MR) is 93.2 cm³/mol. The third kappa shape index (κ3) is 4.01. The van der Waals surface area contributed by atoms with Crippen molar-refractivity contribution in [1.29, 1.82) is 0 Å². The molecule has 0 aliphatic heterocycles. The molecule has 0 atom stereocenters. The highest BCUT2D eigenvalue weighted by Crippen LogP contribution is 2.16. The first kappa shape index (κ1) is 15.8. The Hall–Kier alpha value is -3.08. The lowest BCUT2D eigenvalue weighted by atomic mass is 10.1. The number of nitrogens with zero attached hydrogens (tertiary/aromatic N) is 1. The van der Waals surface area contributed by atoms with E-state index in [4.69, 9.17) is 4.42 Å². The number of benzene rings is 1. The van der Waals surface area contributed by atoms with E-state index in [0.717, 1.165) is 17.8 Å². The van der Waals surface area contributed by atoms with Gasteiger partial charge < -0.3 is 15.1 Å². The lowest BCUT2D eigenvalue weighted by molar-refractivity contribution is 0.0943. The van der Waals surface area contributed by atoms with Gasteiger partial charge in [0, 0.05) is 5.69 Å². The summed E-state index contributed by atoms with van der Waals surface area (Å²) in [6.07, 6.45) is 4.24. The Balaban J connectivity index is 1.58. The molecule has 1 aromatic carbocycles. The Kier molecular flexibility index (Phi) is 4.91. The summed E-state index contributed by atoms with van der Waals surface area (Å²) in [5.74, 6) is 0.474. The normalized spacial score (nSPS) is 10.4. The highest BCUT2D eigenvalue weighted by atomic mass is 16.3. The summed E-state index contributed by atoms with van der Waals surface area (Å²) < 4.78 is 5.18. The van der Waals surface area contributed by atoms with Crippen molar-refractivity contribution in [3.05, 3.63) is 78.0 Å². The van der Waals surface area contributed by atoms with Gasteiger partial charge in [-0.2, -0.15) is 0 Å². The summed E-state index contributed by atoms with van der Waals surface area (Å²) in [5.41, 5.74) is 3.49. The largest absolute Gasteiger partial charge is 0.467 e. The highest BCUT2D eigenvalue weighted by molar-refractivity contribution is 5.92. The molecule has 0 fully saturated rings. The van der Waals surface area contributed by atoms with Crippen molar-refractivity contribution < 1.29 is 9.21 Å². The van der Waals surface area contributed by atoms with E-state index in [9.17, 15) is 4.79 Å². The fourth-order valence-corrected chi connectivity index (χ4v) is 2.26. The molecule has 2 aromatic heterocycles. The van der Waals surface area contributed by atoms with Crippen LogP contribution >= 0.6 is 0 Å². The van der Waals surface area contributed by atoms with E-state index < -0.39 is 0 Å². The number of carbonyl (C=O) groups is 1. The van der Waals surface area contributed by atoms with Crippen LogP contribution in [-0.2, 0) is 13.0 Å². The number of nitrogens with one attached hydrogen (secondary N) is 2. The number of pyridine rings is 1. The maximum absolute atomic E-state index is 12.0. The molecule has 5 nitrogen and oxygen atoms in total. The van der Waals surface area contributed by atoms with Gasteiger partial charge in [0.25, 0.3) is 5.91 Å². The monoisotopic (exact) mass is 321 g/mol. The molecule has 3 rings (SSSR count). The average molecular weight is 321 g/mol. The molecule has 0 saturated carbocycles. The third-order valence-corrected chi connectivity index (χ3v) is 3.65. The minimum atomic E-state index is -0.231. The molecule has 0 bridgehead atoms. The Labute approximate surface area is 140 Å². The second-order valence-corrected chi connectivity index (χ2v) is 5.37. The van der Waals surface area contributed by atoms with E-state index in [-0.39, 0.29) is 5.91 Å².